The molecule has 2 fully saturated rings. The molecule has 0 atom stereocenters. The number of carbonyl (C=O) groups excluding carboxylic acids is 1. The average Bonchev–Trinajstić information content (AvgIpc) is 3.41. The summed E-state index contributed by atoms with van der Waals surface area (Å²) in [5.74, 6) is 1.06. The zero-order valence-corrected chi connectivity index (χ0v) is 15.7. The van der Waals surface area contributed by atoms with Gasteiger partial charge in [0.1, 0.15) is 0 Å². The molecule has 5 nitrogen and oxygen atoms in total. The Labute approximate surface area is 159 Å². The number of carbonyl (C=O) groups is 1. The lowest BCUT2D eigenvalue weighted by atomic mass is 10.1. The number of hydrogen-bond donors (Lipinski definition) is 0. The molecule has 2 heterocycles. The second-order valence-corrected chi connectivity index (χ2v) is 7.88. The minimum atomic E-state index is 0.145. The Hall–Kier alpha value is -1.85. The largest absolute Gasteiger partial charge is 0.337 e. The summed E-state index contributed by atoms with van der Waals surface area (Å²) in [5, 5.41) is 4.82. The highest BCUT2D eigenvalue weighted by Gasteiger charge is 2.26. The molecule has 0 spiro atoms. The highest BCUT2D eigenvalue weighted by Crippen LogP contribution is 2.30. The van der Waals surface area contributed by atoms with Crippen molar-refractivity contribution < 1.29 is 4.79 Å². The summed E-state index contributed by atoms with van der Waals surface area (Å²) in [6.07, 6.45) is 7.26. The maximum atomic E-state index is 12.8. The van der Waals surface area contributed by atoms with Crippen LogP contribution in [-0.4, -0.2) is 58.2 Å². The van der Waals surface area contributed by atoms with E-state index in [9.17, 15) is 4.79 Å². The molecule has 2 aromatic rings. The van der Waals surface area contributed by atoms with E-state index in [0.29, 0.717) is 11.6 Å². The first-order chi connectivity index (χ1) is 12.7. The van der Waals surface area contributed by atoms with Crippen molar-refractivity contribution in [3.8, 4) is 0 Å². The SMILES string of the molecule is O=C(c1ccc(Cn2cc(Cl)cn2)cc1)N1CCCN(CC2CC2)CC1. The van der Waals surface area contributed by atoms with Crippen LogP contribution < -0.4 is 0 Å². The van der Waals surface area contributed by atoms with E-state index < -0.39 is 0 Å². The molecule has 1 aliphatic heterocycles. The Kier molecular flexibility index (Phi) is 5.27. The van der Waals surface area contributed by atoms with Gasteiger partial charge in [-0.15, -0.1) is 0 Å². The molecule has 1 saturated heterocycles. The first kappa shape index (κ1) is 17.6. The lowest BCUT2D eigenvalue weighted by molar-refractivity contribution is 0.0761. The second kappa shape index (κ2) is 7.80. The normalized spacial score (nSPS) is 18.7. The standard InChI is InChI=1S/C20H25ClN4O/c21-19-12-22-25(15-19)14-17-4-6-18(7-5-17)20(26)24-9-1-8-23(10-11-24)13-16-2-3-16/h4-7,12,15-16H,1-3,8-11,13-14H2. The maximum absolute atomic E-state index is 12.8. The van der Waals surface area contributed by atoms with Crippen molar-refractivity contribution >= 4 is 17.5 Å². The van der Waals surface area contributed by atoms with Crippen LogP contribution in [0.15, 0.2) is 36.7 Å². The molecular formula is C20H25ClN4O. The molecule has 1 saturated carbocycles. The van der Waals surface area contributed by atoms with E-state index in [4.69, 9.17) is 11.6 Å². The zero-order valence-electron chi connectivity index (χ0n) is 15.0. The average molecular weight is 373 g/mol. The quantitative estimate of drug-likeness (QED) is 0.809. The third-order valence-corrected chi connectivity index (χ3v) is 5.43. The molecule has 1 aliphatic carbocycles. The fraction of sp³-hybridized carbons (Fsp3) is 0.500. The van der Waals surface area contributed by atoms with E-state index >= 15 is 0 Å². The summed E-state index contributed by atoms with van der Waals surface area (Å²) in [4.78, 5) is 17.4. The molecule has 6 heteroatoms. The summed E-state index contributed by atoms with van der Waals surface area (Å²) in [5.41, 5.74) is 1.87. The van der Waals surface area contributed by atoms with Crippen LogP contribution in [0, 0.1) is 5.92 Å². The van der Waals surface area contributed by atoms with Crippen LogP contribution in [0.1, 0.15) is 35.2 Å². The molecule has 0 unspecified atom stereocenters. The van der Waals surface area contributed by atoms with E-state index in [1.54, 1.807) is 17.1 Å². The number of hydrogen-bond acceptors (Lipinski definition) is 3. The van der Waals surface area contributed by atoms with Crippen molar-refractivity contribution in [3.05, 3.63) is 52.8 Å². The van der Waals surface area contributed by atoms with Crippen LogP contribution in [0.3, 0.4) is 0 Å². The Morgan fingerprint density at radius 2 is 1.92 bits per heavy atom. The van der Waals surface area contributed by atoms with Crippen molar-refractivity contribution in [2.45, 2.75) is 25.8 Å². The van der Waals surface area contributed by atoms with Crippen LogP contribution in [0.2, 0.25) is 5.02 Å². The topological polar surface area (TPSA) is 41.4 Å². The van der Waals surface area contributed by atoms with E-state index in [-0.39, 0.29) is 5.91 Å². The van der Waals surface area contributed by atoms with E-state index in [1.807, 2.05) is 29.2 Å². The number of aromatic nitrogens is 2. The Bertz CT molecular complexity index is 753. The lowest BCUT2D eigenvalue weighted by Gasteiger charge is -2.22. The number of nitrogens with zero attached hydrogens (tertiary/aromatic N) is 4. The van der Waals surface area contributed by atoms with Crippen molar-refractivity contribution in [1.82, 2.24) is 19.6 Å². The minimum absolute atomic E-state index is 0.145. The van der Waals surface area contributed by atoms with Crippen LogP contribution in [0.25, 0.3) is 0 Å². The van der Waals surface area contributed by atoms with Crippen LogP contribution in [0.4, 0.5) is 0 Å². The van der Waals surface area contributed by atoms with Gasteiger partial charge in [0.15, 0.2) is 0 Å². The fourth-order valence-corrected chi connectivity index (χ4v) is 3.73. The fourth-order valence-electron chi connectivity index (χ4n) is 3.57. The summed E-state index contributed by atoms with van der Waals surface area (Å²) in [6.45, 7) is 5.67. The highest BCUT2D eigenvalue weighted by molar-refractivity contribution is 6.30. The Morgan fingerprint density at radius 1 is 1.12 bits per heavy atom. The van der Waals surface area contributed by atoms with E-state index in [0.717, 1.165) is 49.6 Å². The number of halogens is 1. The van der Waals surface area contributed by atoms with Crippen molar-refractivity contribution in [2.75, 3.05) is 32.7 Å². The Morgan fingerprint density at radius 3 is 2.62 bits per heavy atom. The van der Waals surface area contributed by atoms with Crippen LogP contribution in [-0.2, 0) is 6.54 Å². The summed E-state index contributed by atoms with van der Waals surface area (Å²) in [7, 11) is 0. The Balaban J connectivity index is 1.34. The minimum Gasteiger partial charge on any atom is -0.337 e. The summed E-state index contributed by atoms with van der Waals surface area (Å²) < 4.78 is 1.79. The maximum Gasteiger partial charge on any atom is 0.253 e. The lowest BCUT2D eigenvalue weighted by Crippen LogP contribution is -2.35. The summed E-state index contributed by atoms with van der Waals surface area (Å²) in [6, 6.07) is 7.85. The van der Waals surface area contributed by atoms with Gasteiger partial charge in [-0.25, -0.2) is 0 Å². The molecule has 0 N–H and O–H groups in total. The third kappa shape index (κ3) is 4.46. The highest BCUT2D eigenvalue weighted by atomic mass is 35.5. The first-order valence-electron chi connectivity index (χ1n) is 9.46. The first-order valence-corrected chi connectivity index (χ1v) is 9.84. The zero-order chi connectivity index (χ0) is 17.9. The molecule has 138 valence electrons. The molecule has 1 aromatic carbocycles. The van der Waals surface area contributed by atoms with Crippen molar-refractivity contribution in [3.63, 3.8) is 0 Å². The third-order valence-electron chi connectivity index (χ3n) is 5.24. The second-order valence-electron chi connectivity index (χ2n) is 7.44. The number of amides is 1. The van der Waals surface area contributed by atoms with Gasteiger partial charge in [0.2, 0.25) is 0 Å². The molecule has 0 radical (unpaired) electrons. The molecule has 1 aromatic heterocycles. The van der Waals surface area contributed by atoms with Gasteiger partial charge in [-0.2, -0.15) is 5.10 Å². The predicted molar refractivity (Wildman–Crippen MR) is 102 cm³/mol. The van der Waals surface area contributed by atoms with Gasteiger partial charge in [0, 0.05) is 37.9 Å². The molecular weight excluding hydrogens is 348 g/mol. The van der Waals surface area contributed by atoms with Gasteiger partial charge in [-0.3, -0.25) is 9.48 Å². The smallest absolute Gasteiger partial charge is 0.253 e. The molecule has 4 rings (SSSR count). The van der Waals surface area contributed by atoms with Crippen molar-refractivity contribution in [1.29, 1.82) is 0 Å². The monoisotopic (exact) mass is 372 g/mol. The molecule has 26 heavy (non-hydrogen) atoms. The van der Waals surface area contributed by atoms with Gasteiger partial charge in [0.25, 0.3) is 5.91 Å². The van der Waals surface area contributed by atoms with Gasteiger partial charge < -0.3 is 9.80 Å². The molecule has 1 amide bonds. The number of rotatable bonds is 5. The van der Waals surface area contributed by atoms with E-state index in [1.165, 1.54) is 19.4 Å². The van der Waals surface area contributed by atoms with Gasteiger partial charge in [0.05, 0.1) is 17.8 Å². The van der Waals surface area contributed by atoms with Crippen LogP contribution in [0.5, 0.6) is 0 Å². The van der Waals surface area contributed by atoms with Crippen molar-refractivity contribution in [2.24, 2.45) is 5.92 Å². The number of benzene rings is 1. The molecule has 0 bridgehead atoms. The van der Waals surface area contributed by atoms with Gasteiger partial charge in [-0.05, 0) is 49.4 Å². The van der Waals surface area contributed by atoms with Gasteiger partial charge >= 0.3 is 0 Å². The summed E-state index contributed by atoms with van der Waals surface area (Å²) >= 11 is 5.90. The van der Waals surface area contributed by atoms with Gasteiger partial charge in [-0.1, -0.05) is 23.7 Å². The molecule has 2 aliphatic rings. The predicted octanol–water partition coefficient (Wildman–Crippen LogP) is 3.14. The van der Waals surface area contributed by atoms with E-state index in [2.05, 4.69) is 10.00 Å². The van der Waals surface area contributed by atoms with Crippen LogP contribution >= 0.6 is 11.6 Å².